The van der Waals surface area contributed by atoms with E-state index in [1.807, 2.05) is 31.4 Å². The molecule has 1 amide bonds. The molecule has 1 fully saturated rings. The van der Waals surface area contributed by atoms with E-state index in [0.717, 1.165) is 25.2 Å². The van der Waals surface area contributed by atoms with E-state index in [2.05, 4.69) is 24.3 Å². The van der Waals surface area contributed by atoms with Crippen LogP contribution < -0.4 is 5.32 Å². The van der Waals surface area contributed by atoms with Crippen LogP contribution in [0.1, 0.15) is 25.3 Å². The maximum absolute atomic E-state index is 12.5. The van der Waals surface area contributed by atoms with Gasteiger partial charge in [0.2, 0.25) is 5.91 Å². The van der Waals surface area contributed by atoms with Gasteiger partial charge in [0.25, 0.3) is 0 Å². The molecule has 1 aromatic rings. The fraction of sp³-hybridized carbons (Fsp3) is 0.714. The van der Waals surface area contributed by atoms with Crippen molar-refractivity contribution in [1.82, 2.24) is 20.0 Å². The van der Waals surface area contributed by atoms with E-state index < -0.39 is 0 Å². The molecule has 2 heterocycles. The second-order valence-electron chi connectivity index (χ2n) is 5.93. The highest BCUT2D eigenvalue weighted by atomic mass is 16.2. The van der Waals surface area contributed by atoms with Crippen LogP contribution in [-0.4, -0.2) is 47.3 Å². The molecule has 1 aliphatic heterocycles. The third-order valence-corrected chi connectivity index (χ3v) is 3.70. The topological polar surface area (TPSA) is 50.2 Å². The smallest absolute Gasteiger partial charge is 0.227 e. The molecule has 1 aromatic heterocycles. The zero-order valence-corrected chi connectivity index (χ0v) is 12.3. The molecular weight excluding hydrogens is 240 g/mol. The molecule has 0 aromatic carbocycles. The Labute approximate surface area is 115 Å². The highest BCUT2D eigenvalue weighted by molar-refractivity contribution is 5.80. The van der Waals surface area contributed by atoms with Crippen molar-refractivity contribution in [3.63, 3.8) is 0 Å². The van der Waals surface area contributed by atoms with E-state index in [9.17, 15) is 4.79 Å². The molecule has 0 spiro atoms. The number of nitrogens with one attached hydrogen (secondary N) is 1. The second kappa shape index (κ2) is 5.74. The van der Waals surface area contributed by atoms with E-state index in [4.69, 9.17) is 0 Å². The number of carbonyl (C=O) groups is 1. The van der Waals surface area contributed by atoms with Crippen molar-refractivity contribution in [3.8, 4) is 0 Å². The van der Waals surface area contributed by atoms with Gasteiger partial charge in [-0.1, -0.05) is 13.8 Å². The fourth-order valence-corrected chi connectivity index (χ4v) is 2.84. The lowest BCUT2D eigenvalue weighted by atomic mass is 9.90. The molecule has 2 atom stereocenters. The Balaban J connectivity index is 2.08. The number of aromatic nitrogens is 2. The molecule has 19 heavy (non-hydrogen) atoms. The van der Waals surface area contributed by atoms with Crippen LogP contribution in [0.15, 0.2) is 12.4 Å². The van der Waals surface area contributed by atoms with E-state index in [-0.39, 0.29) is 17.7 Å². The zero-order chi connectivity index (χ0) is 14.0. The van der Waals surface area contributed by atoms with Crippen LogP contribution in [0.3, 0.4) is 0 Å². The van der Waals surface area contributed by atoms with Crippen molar-refractivity contribution in [2.45, 2.75) is 19.8 Å². The Morgan fingerprint density at radius 1 is 1.58 bits per heavy atom. The van der Waals surface area contributed by atoms with E-state index in [1.54, 1.807) is 4.68 Å². The Morgan fingerprint density at radius 2 is 2.32 bits per heavy atom. The first kappa shape index (κ1) is 14.1. The van der Waals surface area contributed by atoms with Gasteiger partial charge in [0.15, 0.2) is 0 Å². The first-order valence-electron chi connectivity index (χ1n) is 6.93. The van der Waals surface area contributed by atoms with Gasteiger partial charge in [-0.05, 0) is 11.5 Å². The van der Waals surface area contributed by atoms with Gasteiger partial charge in [-0.2, -0.15) is 5.10 Å². The minimum Gasteiger partial charge on any atom is -0.345 e. The summed E-state index contributed by atoms with van der Waals surface area (Å²) >= 11 is 0. The Hall–Kier alpha value is -1.36. The van der Waals surface area contributed by atoms with Crippen molar-refractivity contribution in [2.75, 3.05) is 26.7 Å². The number of nitrogens with zero attached hydrogens (tertiary/aromatic N) is 3. The molecule has 2 rings (SSSR count). The van der Waals surface area contributed by atoms with Crippen molar-refractivity contribution >= 4 is 5.91 Å². The van der Waals surface area contributed by atoms with Crippen molar-refractivity contribution in [1.29, 1.82) is 0 Å². The molecule has 1 aliphatic rings. The summed E-state index contributed by atoms with van der Waals surface area (Å²) in [4.78, 5) is 14.4. The highest BCUT2D eigenvalue weighted by Gasteiger charge is 2.36. The van der Waals surface area contributed by atoms with Crippen LogP contribution in [-0.2, 0) is 11.8 Å². The van der Waals surface area contributed by atoms with Crippen LogP contribution in [0.25, 0.3) is 0 Å². The summed E-state index contributed by atoms with van der Waals surface area (Å²) in [6, 6.07) is 0. The van der Waals surface area contributed by atoms with E-state index in [1.165, 1.54) is 0 Å². The lowest BCUT2D eigenvalue weighted by Gasteiger charge is -2.25. The summed E-state index contributed by atoms with van der Waals surface area (Å²) in [6.07, 6.45) is 3.89. The molecule has 0 saturated carbocycles. The van der Waals surface area contributed by atoms with Crippen molar-refractivity contribution in [2.24, 2.45) is 18.9 Å². The summed E-state index contributed by atoms with van der Waals surface area (Å²) in [5.41, 5.74) is 1.16. The number of hydrogen-bond donors (Lipinski definition) is 1. The molecule has 0 unspecified atom stereocenters. The SMILES string of the molecule is CC(C)CN(C)C(=O)[C@H]1CNC[C@@H]1c1cnn(C)c1. The largest absolute Gasteiger partial charge is 0.345 e. The maximum Gasteiger partial charge on any atom is 0.227 e. The molecule has 0 aliphatic carbocycles. The van der Waals surface area contributed by atoms with Crippen LogP contribution in [0.2, 0.25) is 0 Å². The van der Waals surface area contributed by atoms with Crippen molar-refractivity contribution < 1.29 is 4.79 Å². The quantitative estimate of drug-likeness (QED) is 0.876. The molecule has 106 valence electrons. The fourth-order valence-electron chi connectivity index (χ4n) is 2.84. The van der Waals surface area contributed by atoms with E-state index in [0.29, 0.717) is 5.92 Å². The molecule has 5 heteroatoms. The minimum absolute atomic E-state index is 0.0351. The Kier molecular flexibility index (Phi) is 4.24. The van der Waals surface area contributed by atoms with Crippen LogP contribution in [0.5, 0.6) is 0 Å². The Morgan fingerprint density at radius 3 is 2.89 bits per heavy atom. The average molecular weight is 264 g/mol. The number of aryl methyl sites for hydroxylation is 1. The summed E-state index contributed by atoms with van der Waals surface area (Å²) in [5, 5.41) is 7.55. The first-order chi connectivity index (χ1) is 8.99. The van der Waals surface area contributed by atoms with Gasteiger partial charge < -0.3 is 10.2 Å². The standard InChI is InChI=1S/C14H24N4O/c1-10(2)8-17(3)14(19)13-7-15-6-12(13)11-5-16-18(4)9-11/h5,9-10,12-13,15H,6-8H2,1-4H3/t12-,13+/m1/s1. The second-order valence-corrected chi connectivity index (χ2v) is 5.93. The number of hydrogen-bond acceptors (Lipinski definition) is 3. The summed E-state index contributed by atoms with van der Waals surface area (Å²) in [6.45, 7) is 6.71. The van der Waals surface area contributed by atoms with Gasteiger partial charge in [0.1, 0.15) is 0 Å². The minimum atomic E-state index is 0.0351. The third-order valence-electron chi connectivity index (χ3n) is 3.70. The number of carbonyl (C=O) groups excluding carboxylic acids is 1. The normalized spacial score (nSPS) is 23.0. The maximum atomic E-state index is 12.5. The first-order valence-corrected chi connectivity index (χ1v) is 6.93. The summed E-state index contributed by atoms with van der Waals surface area (Å²) in [7, 11) is 3.81. The zero-order valence-electron chi connectivity index (χ0n) is 12.3. The highest BCUT2D eigenvalue weighted by Crippen LogP contribution is 2.29. The van der Waals surface area contributed by atoms with Gasteiger partial charge in [-0.25, -0.2) is 0 Å². The Bertz CT molecular complexity index is 440. The predicted octanol–water partition coefficient (Wildman–Crippen LogP) is 0.837. The lowest BCUT2D eigenvalue weighted by molar-refractivity contribution is -0.134. The van der Waals surface area contributed by atoms with Gasteiger partial charge >= 0.3 is 0 Å². The van der Waals surface area contributed by atoms with E-state index >= 15 is 0 Å². The predicted molar refractivity (Wildman–Crippen MR) is 74.8 cm³/mol. The third kappa shape index (κ3) is 3.15. The molecule has 1 N–H and O–H groups in total. The summed E-state index contributed by atoms with van der Waals surface area (Å²) in [5.74, 6) is 1.02. The molecule has 0 radical (unpaired) electrons. The molecule has 1 saturated heterocycles. The molecule has 0 bridgehead atoms. The number of amides is 1. The van der Waals surface area contributed by atoms with Crippen LogP contribution in [0.4, 0.5) is 0 Å². The van der Waals surface area contributed by atoms with Gasteiger partial charge in [0.05, 0.1) is 12.1 Å². The van der Waals surface area contributed by atoms with Crippen molar-refractivity contribution in [3.05, 3.63) is 18.0 Å². The lowest BCUT2D eigenvalue weighted by Crippen LogP contribution is -2.38. The number of rotatable bonds is 4. The molecule has 5 nitrogen and oxygen atoms in total. The van der Waals surface area contributed by atoms with Gasteiger partial charge in [-0.15, -0.1) is 0 Å². The monoisotopic (exact) mass is 264 g/mol. The summed E-state index contributed by atoms with van der Waals surface area (Å²) < 4.78 is 1.80. The van der Waals surface area contributed by atoms with Crippen LogP contribution >= 0.6 is 0 Å². The van der Waals surface area contributed by atoms with Crippen LogP contribution in [0, 0.1) is 11.8 Å². The average Bonchev–Trinajstić information content (AvgIpc) is 2.94. The van der Waals surface area contributed by atoms with Gasteiger partial charge in [0, 0.05) is 45.8 Å². The molecular formula is C14H24N4O. The van der Waals surface area contributed by atoms with Gasteiger partial charge in [-0.3, -0.25) is 9.48 Å².